The number of hydrogen-bond donors (Lipinski definition) is 2. The van der Waals surface area contributed by atoms with Gasteiger partial charge in [-0.15, -0.1) is 11.8 Å². The van der Waals surface area contributed by atoms with Crippen LogP contribution in [0.1, 0.15) is 11.1 Å². The van der Waals surface area contributed by atoms with Crippen molar-refractivity contribution in [3.05, 3.63) is 58.6 Å². The van der Waals surface area contributed by atoms with E-state index < -0.39 is 0 Å². The molecule has 0 radical (unpaired) electrons. The molecule has 2 aromatic rings. The van der Waals surface area contributed by atoms with Gasteiger partial charge in [0.15, 0.2) is 5.84 Å². The third-order valence-electron chi connectivity index (χ3n) is 2.88. The molecule has 0 bridgehead atoms. The zero-order chi connectivity index (χ0) is 15.2. The Morgan fingerprint density at radius 1 is 1.33 bits per heavy atom. The van der Waals surface area contributed by atoms with Crippen LogP contribution in [-0.2, 0) is 5.75 Å². The van der Waals surface area contributed by atoms with Crippen molar-refractivity contribution in [2.24, 2.45) is 10.9 Å². The van der Waals surface area contributed by atoms with Crippen molar-refractivity contribution >= 4 is 29.2 Å². The summed E-state index contributed by atoms with van der Waals surface area (Å²) in [6.45, 7) is 0. The average Bonchev–Trinajstić information content (AvgIpc) is 2.53. The normalized spacial score (nSPS) is 11.4. The van der Waals surface area contributed by atoms with Crippen molar-refractivity contribution in [1.82, 2.24) is 0 Å². The molecule has 0 saturated carbocycles. The second-order valence-electron chi connectivity index (χ2n) is 4.24. The van der Waals surface area contributed by atoms with Crippen LogP contribution in [0, 0.1) is 0 Å². The Hall–Kier alpha value is -1.85. The topological polar surface area (TPSA) is 67.8 Å². The Morgan fingerprint density at radius 3 is 2.76 bits per heavy atom. The Balaban J connectivity index is 2.17. The molecule has 0 spiro atoms. The molecule has 0 amide bonds. The summed E-state index contributed by atoms with van der Waals surface area (Å²) in [5, 5.41) is 12.5. The zero-order valence-electron chi connectivity index (χ0n) is 11.4. The number of methoxy groups -OCH3 is 1. The van der Waals surface area contributed by atoms with Crippen LogP contribution in [0.2, 0.25) is 5.02 Å². The van der Waals surface area contributed by atoms with E-state index in [4.69, 9.17) is 27.3 Å². The van der Waals surface area contributed by atoms with E-state index in [2.05, 4.69) is 5.16 Å². The van der Waals surface area contributed by atoms with Crippen molar-refractivity contribution in [2.75, 3.05) is 7.11 Å². The summed E-state index contributed by atoms with van der Waals surface area (Å²) in [5.74, 6) is 1.34. The first-order valence-electron chi connectivity index (χ1n) is 6.18. The Kier molecular flexibility index (Phi) is 5.36. The quantitative estimate of drug-likeness (QED) is 0.289. The van der Waals surface area contributed by atoms with Crippen LogP contribution in [0.5, 0.6) is 5.75 Å². The zero-order valence-corrected chi connectivity index (χ0v) is 13.0. The van der Waals surface area contributed by atoms with Crippen LogP contribution in [0.15, 0.2) is 52.5 Å². The predicted molar refractivity (Wildman–Crippen MR) is 86.5 cm³/mol. The molecule has 0 aliphatic carbocycles. The highest BCUT2D eigenvalue weighted by atomic mass is 35.5. The Labute approximate surface area is 132 Å². The third-order valence-corrected chi connectivity index (χ3v) is 4.47. The lowest BCUT2D eigenvalue weighted by Gasteiger charge is -2.10. The lowest BCUT2D eigenvalue weighted by atomic mass is 10.1. The standard InChI is InChI=1S/C15H15ClN2O2S/c1-20-13-8-10(6-7-11(13)15(17)18-19)9-21-14-5-3-2-4-12(14)16/h2-8,19H,9H2,1H3,(H2,17,18). The molecule has 2 rings (SSSR count). The van der Waals surface area contributed by atoms with Crippen molar-refractivity contribution in [2.45, 2.75) is 10.6 Å². The van der Waals surface area contributed by atoms with Gasteiger partial charge in [-0.2, -0.15) is 0 Å². The lowest BCUT2D eigenvalue weighted by Crippen LogP contribution is -2.14. The second-order valence-corrected chi connectivity index (χ2v) is 5.66. The average molecular weight is 323 g/mol. The number of nitrogens with two attached hydrogens (primary N) is 1. The van der Waals surface area contributed by atoms with Gasteiger partial charge >= 0.3 is 0 Å². The summed E-state index contributed by atoms with van der Waals surface area (Å²) in [7, 11) is 1.55. The molecule has 6 heteroatoms. The molecule has 0 aliphatic rings. The maximum absolute atomic E-state index is 8.75. The molecule has 0 aliphatic heterocycles. The maximum Gasteiger partial charge on any atom is 0.173 e. The van der Waals surface area contributed by atoms with Crippen LogP contribution >= 0.6 is 23.4 Å². The number of thioether (sulfide) groups is 1. The van der Waals surface area contributed by atoms with Crippen LogP contribution in [0.25, 0.3) is 0 Å². The number of rotatable bonds is 5. The minimum Gasteiger partial charge on any atom is -0.496 e. The fraction of sp³-hybridized carbons (Fsp3) is 0.133. The number of hydrogen-bond acceptors (Lipinski definition) is 4. The van der Waals surface area contributed by atoms with E-state index in [0.717, 1.165) is 21.2 Å². The first-order valence-corrected chi connectivity index (χ1v) is 7.54. The monoisotopic (exact) mass is 322 g/mol. The van der Waals surface area contributed by atoms with Gasteiger partial charge in [-0.3, -0.25) is 0 Å². The second kappa shape index (κ2) is 7.24. The van der Waals surface area contributed by atoms with Gasteiger partial charge in [-0.25, -0.2) is 0 Å². The fourth-order valence-electron chi connectivity index (χ4n) is 1.81. The minimum atomic E-state index is 0.0251. The number of amidine groups is 1. The third kappa shape index (κ3) is 3.83. The molecule has 21 heavy (non-hydrogen) atoms. The van der Waals surface area contributed by atoms with Gasteiger partial charge in [0.2, 0.25) is 0 Å². The van der Waals surface area contributed by atoms with E-state index >= 15 is 0 Å². The molecular weight excluding hydrogens is 308 g/mol. The van der Waals surface area contributed by atoms with E-state index in [0.29, 0.717) is 11.3 Å². The number of ether oxygens (including phenoxy) is 1. The summed E-state index contributed by atoms with van der Waals surface area (Å²) in [6.07, 6.45) is 0. The molecule has 0 atom stereocenters. The van der Waals surface area contributed by atoms with Gasteiger partial charge in [0.05, 0.1) is 17.7 Å². The van der Waals surface area contributed by atoms with E-state index in [9.17, 15) is 0 Å². The van der Waals surface area contributed by atoms with Crippen LogP contribution in [0.3, 0.4) is 0 Å². The molecule has 110 valence electrons. The van der Waals surface area contributed by atoms with Crippen molar-refractivity contribution in [3.8, 4) is 5.75 Å². The molecule has 0 saturated heterocycles. The molecule has 4 nitrogen and oxygen atoms in total. The van der Waals surface area contributed by atoms with E-state index in [1.54, 1.807) is 24.9 Å². The van der Waals surface area contributed by atoms with Gasteiger partial charge in [0, 0.05) is 10.6 Å². The summed E-state index contributed by atoms with van der Waals surface area (Å²) in [6, 6.07) is 13.3. The van der Waals surface area contributed by atoms with Crippen molar-refractivity contribution < 1.29 is 9.94 Å². The number of benzene rings is 2. The van der Waals surface area contributed by atoms with Crippen molar-refractivity contribution in [3.63, 3.8) is 0 Å². The summed E-state index contributed by atoms with van der Waals surface area (Å²) in [4.78, 5) is 1.03. The van der Waals surface area contributed by atoms with Gasteiger partial charge in [0.1, 0.15) is 5.75 Å². The predicted octanol–water partition coefficient (Wildman–Crippen LogP) is 3.74. The fourth-order valence-corrected chi connectivity index (χ4v) is 3.00. The Morgan fingerprint density at radius 2 is 2.10 bits per heavy atom. The highest BCUT2D eigenvalue weighted by Gasteiger charge is 2.09. The van der Waals surface area contributed by atoms with Gasteiger partial charge in [-0.05, 0) is 29.8 Å². The number of nitrogens with zero attached hydrogens (tertiary/aromatic N) is 1. The van der Waals surface area contributed by atoms with E-state index in [1.807, 2.05) is 36.4 Å². The Bertz CT molecular complexity index is 662. The SMILES string of the molecule is COc1cc(CSc2ccccc2Cl)ccc1/C(N)=N/O. The molecule has 2 aromatic carbocycles. The molecule has 3 N–H and O–H groups in total. The van der Waals surface area contributed by atoms with Gasteiger partial charge in [0.25, 0.3) is 0 Å². The highest BCUT2D eigenvalue weighted by Crippen LogP contribution is 2.30. The van der Waals surface area contributed by atoms with Crippen LogP contribution < -0.4 is 10.5 Å². The smallest absolute Gasteiger partial charge is 0.173 e. The number of oxime groups is 1. The maximum atomic E-state index is 8.75. The van der Waals surface area contributed by atoms with E-state index in [1.165, 1.54) is 0 Å². The summed E-state index contributed by atoms with van der Waals surface area (Å²) >= 11 is 7.77. The summed E-state index contributed by atoms with van der Waals surface area (Å²) in [5.41, 5.74) is 7.23. The summed E-state index contributed by atoms with van der Waals surface area (Å²) < 4.78 is 5.28. The van der Waals surface area contributed by atoms with Gasteiger partial charge < -0.3 is 15.7 Å². The lowest BCUT2D eigenvalue weighted by molar-refractivity contribution is 0.318. The number of halogens is 1. The molecule has 0 unspecified atom stereocenters. The molecular formula is C15H15ClN2O2S. The minimum absolute atomic E-state index is 0.0251. The van der Waals surface area contributed by atoms with Crippen LogP contribution in [-0.4, -0.2) is 18.2 Å². The van der Waals surface area contributed by atoms with E-state index in [-0.39, 0.29) is 5.84 Å². The van der Waals surface area contributed by atoms with Crippen LogP contribution in [0.4, 0.5) is 0 Å². The first kappa shape index (κ1) is 15.5. The van der Waals surface area contributed by atoms with Crippen molar-refractivity contribution in [1.29, 1.82) is 0 Å². The molecule has 0 heterocycles. The molecule has 0 fully saturated rings. The highest BCUT2D eigenvalue weighted by molar-refractivity contribution is 7.98. The largest absolute Gasteiger partial charge is 0.496 e. The first-order chi connectivity index (χ1) is 10.2. The van der Waals surface area contributed by atoms with Gasteiger partial charge in [-0.1, -0.05) is 35.0 Å². The molecule has 0 aromatic heterocycles.